The molecule has 1 saturated heterocycles. The topological polar surface area (TPSA) is 84.2 Å². The first kappa shape index (κ1) is 13.0. The second kappa shape index (κ2) is 3.77. The Morgan fingerprint density at radius 3 is 2.40 bits per heavy atom. The van der Waals surface area contributed by atoms with E-state index in [2.05, 4.69) is 15.0 Å². The van der Waals surface area contributed by atoms with Gasteiger partial charge in [0.25, 0.3) is 0 Å². The largest absolute Gasteiger partial charge is 0.286 e. The SMILES string of the molecule is CC1(C)N([O])/C(=C2/N=c3cccnc3=N2)N(O)C1(C)C. The summed E-state index contributed by atoms with van der Waals surface area (Å²) >= 11 is 0. The summed E-state index contributed by atoms with van der Waals surface area (Å²) in [4.78, 5) is 12.6. The van der Waals surface area contributed by atoms with E-state index in [1.54, 1.807) is 46.0 Å². The van der Waals surface area contributed by atoms with Gasteiger partial charge >= 0.3 is 0 Å². The van der Waals surface area contributed by atoms with Crippen LogP contribution in [-0.2, 0) is 5.21 Å². The molecule has 105 valence electrons. The van der Waals surface area contributed by atoms with Crippen molar-refractivity contribution in [2.75, 3.05) is 0 Å². The molecule has 3 rings (SSSR count). The second-order valence-corrected chi connectivity index (χ2v) is 5.94. The van der Waals surface area contributed by atoms with Crippen molar-refractivity contribution < 1.29 is 10.4 Å². The van der Waals surface area contributed by atoms with Crippen molar-refractivity contribution in [2.24, 2.45) is 9.98 Å². The Morgan fingerprint density at radius 2 is 1.85 bits per heavy atom. The van der Waals surface area contributed by atoms with Gasteiger partial charge in [-0.2, -0.15) is 5.06 Å². The van der Waals surface area contributed by atoms with Crippen LogP contribution in [0.4, 0.5) is 0 Å². The van der Waals surface area contributed by atoms with Gasteiger partial charge in [0, 0.05) is 6.20 Å². The Labute approximate surface area is 116 Å². The second-order valence-electron chi connectivity index (χ2n) is 5.94. The maximum Gasteiger partial charge on any atom is 0.202 e. The quantitative estimate of drug-likeness (QED) is 0.740. The lowest BCUT2D eigenvalue weighted by Gasteiger charge is -2.36. The predicted octanol–water partition coefficient (Wildman–Crippen LogP) is 0.371. The molecule has 2 aliphatic heterocycles. The number of hydroxylamine groups is 4. The molecule has 0 aliphatic carbocycles. The van der Waals surface area contributed by atoms with E-state index >= 15 is 0 Å². The molecule has 0 saturated carbocycles. The van der Waals surface area contributed by atoms with Gasteiger partial charge in [0.2, 0.25) is 11.6 Å². The van der Waals surface area contributed by atoms with Crippen molar-refractivity contribution in [1.29, 1.82) is 0 Å². The summed E-state index contributed by atoms with van der Waals surface area (Å²) in [5.41, 5.74) is -1.11. The Balaban J connectivity index is 2.22. The molecule has 0 aromatic carbocycles. The first-order valence-corrected chi connectivity index (χ1v) is 6.36. The summed E-state index contributed by atoms with van der Waals surface area (Å²) in [7, 11) is 0. The van der Waals surface area contributed by atoms with Gasteiger partial charge in [-0.15, -0.1) is 0 Å². The number of hydrogen-bond acceptors (Lipinski definition) is 6. The fourth-order valence-electron chi connectivity index (χ4n) is 2.21. The van der Waals surface area contributed by atoms with Gasteiger partial charge in [-0.25, -0.2) is 20.0 Å². The van der Waals surface area contributed by atoms with E-state index in [0.717, 1.165) is 10.1 Å². The van der Waals surface area contributed by atoms with Crippen LogP contribution in [-0.4, -0.2) is 31.4 Å². The molecular formula is C13H16N5O2. The summed E-state index contributed by atoms with van der Waals surface area (Å²) in [5, 5.41) is 25.2. The van der Waals surface area contributed by atoms with E-state index in [4.69, 9.17) is 0 Å². The Hall–Kier alpha value is -1.99. The van der Waals surface area contributed by atoms with Crippen molar-refractivity contribution >= 4 is 0 Å². The molecule has 0 amide bonds. The third-order valence-electron chi connectivity index (χ3n) is 4.33. The van der Waals surface area contributed by atoms with Crippen LogP contribution in [0, 0.1) is 0 Å². The highest BCUT2D eigenvalue weighted by atomic mass is 16.6. The van der Waals surface area contributed by atoms with Crippen LogP contribution in [0.2, 0.25) is 0 Å². The first-order valence-electron chi connectivity index (χ1n) is 6.36. The molecule has 0 bridgehead atoms. The van der Waals surface area contributed by atoms with Crippen LogP contribution in [0.1, 0.15) is 27.7 Å². The van der Waals surface area contributed by atoms with Crippen LogP contribution < -0.4 is 10.8 Å². The van der Waals surface area contributed by atoms with Crippen LogP contribution in [0.15, 0.2) is 40.0 Å². The lowest BCUT2D eigenvalue weighted by molar-refractivity contribution is -0.182. The van der Waals surface area contributed by atoms with E-state index in [1.807, 2.05) is 0 Å². The van der Waals surface area contributed by atoms with Crippen LogP contribution in [0.3, 0.4) is 0 Å². The smallest absolute Gasteiger partial charge is 0.202 e. The minimum atomic E-state index is -0.808. The monoisotopic (exact) mass is 274 g/mol. The number of rotatable bonds is 0. The van der Waals surface area contributed by atoms with Crippen molar-refractivity contribution in [1.82, 2.24) is 15.1 Å². The van der Waals surface area contributed by atoms with Crippen LogP contribution in [0.25, 0.3) is 0 Å². The van der Waals surface area contributed by atoms with Gasteiger partial charge in [0.15, 0.2) is 5.49 Å². The molecule has 20 heavy (non-hydrogen) atoms. The van der Waals surface area contributed by atoms with Crippen LogP contribution in [0.5, 0.6) is 0 Å². The molecule has 0 spiro atoms. The molecule has 2 aliphatic rings. The first-order chi connectivity index (χ1) is 9.26. The average molecular weight is 274 g/mol. The summed E-state index contributed by atoms with van der Waals surface area (Å²) in [6, 6.07) is 3.52. The van der Waals surface area contributed by atoms with Crippen molar-refractivity contribution in [3.05, 3.63) is 40.8 Å². The normalized spacial score (nSPS) is 26.3. The highest BCUT2D eigenvalue weighted by Crippen LogP contribution is 2.44. The molecule has 7 nitrogen and oxygen atoms in total. The molecule has 0 unspecified atom stereocenters. The molecule has 1 N–H and O–H groups in total. The maximum absolute atomic E-state index is 12.5. The lowest BCUT2D eigenvalue weighted by Crippen LogP contribution is -2.52. The van der Waals surface area contributed by atoms with Gasteiger partial charge in [-0.3, -0.25) is 5.21 Å². The van der Waals surface area contributed by atoms with Crippen molar-refractivity contribution in [3.8, 4) is 0 Å². The highest BCUT2D eigenvalue weighted by molar-refractivity contribution is 5.23. The Bertz CT molecular complexity index is 664. The van der Waals surface area contributed by atoms with E-state index in [9.17, 15) is 10.4 Å². The van der Waals surface area contributed by atoms with Gasteiger partial charge in [-0.05, 0) is 39.8 Å². The summed E-state index contributed by atoms with van der Waals surface area (Å²) in [6.45, 7) is 7.14. The molecule has 0 atom stereocenters. The average Bonchev–Trinajstić information content (AvgIpc) is 2.85. The van der Waals surface area contributed by atoms with Crippen molar-refractivity contribution in [3.63, 3.8) is 0 Å². The number of hydrogen-bond donors (Lipinski definition) is 1. The van der Waals surface area contributed by atoms with Gasteiger partial charge < -0.3 is 0 Å². The fraction of sp³-hybridized carbons (Fsp3) is 0.462. The third-order valence-corrected chi connectivity index (χ3v) is 4.33. The number of fused-ring (bicyclic) bond motifs is 1. The standard InChI is InChI=1S/C13H16N5O2/c1-12(2)13(3,4)18(20)11(17(12)19)10-15-8-6-5-7-14-9(8)16-10/h5-7,19H,1-4H3/b11-10-. The Morgan fingerprint density at radius 1 is 1.15 bits per heavy atom. The molecular weight excluding hydrogens is 258 g/mol. The van der Waals surface area contributed by atoms with Crippen molar-refractivity contribution in [2.45, 2.75) is 38.8 Å². The van der Waals surface area contributed by atoms with E-state index in [0.29, 0.717) is 10.8 Å². The maximum atomic E-state index is 12.5. The highest BCUT2D eigenvalue weighted by Gasteiger charge is 2.57. The Kier molecular flexibility index (Phi) is 2.45. The van der Waals surface area contributed by atoms with Gasteiger partial charge in [0.1, 0.15) is 5.36 Å². The zero-order valence-corrected chi connectivity index (χ0v) is 11.8. The number of nitrogens with zero attached hydrogens (tertiary/aromatic N) is 5. The predicted molar refractivity (Wildman–Crippen MR) is 67.9 cm³/mol. The summed E-state index contributed by atoms with van der Waals surface area (Å²) in [6.07, 6.45) is 1.61. The van der Waals surface area contributed by atoms with Gasteiger partial charge in [0.05, 0.1) is 11.1 Å². The number of pyridine rings is 1. The minimum absolute atomic E-state index is 0.0537. The van der Waals surface area contributed by atoms with E-state index in [1.165, 1.54) is 0 Å². The third kappa shape index (κ3) is 1.44. The van der Waals surface area contributed by atoms with Crippen LogP contribution >= 0.6 is 0 Å². The molecule has 1 fully saturated rings. The number of aromatic nitrogens is 1. The minimum Gasteiger partial charge on any atom is -0.286 e. The van der Waals surface area contributed by atoms with Gasteiger partial charge in [-0.1, -0.05) is 5.21 Å². The summed E-state index contributed by atoms with van der Waals surface area (Å²) < 4.78 is 0. The fourth-order valence-corrected chi connectivity index (χ4v) is 2.21. The molecule has 1 radical (unpaired) electrons. The molecule has 1 aromatic heterocycles. The zero-order valence-electron chi connectivity index (χ0n) is 11.8. The lowest BCUT2D eigenvalue weighted by atomic mass is 9.84. The molecule has 3 heterocycles. The molecule has 1 aromatic rings. The zero-order chi connectivity index (χ0) is 14.7. The molecule has 7 heteroatoms. The van der Waals surface area contributed by atoms with E-state index < -0.39 is 11.1 Å². The van der Waals surface area contributed by atoms with E-state index in [-0.39, 0.29) is 11.6 Å². The summed E-state index contributed by atoms with van der Waals surface area (Å²) in [5.74, 6) is 0.243.